The Hall–Kier alpha value is -2.49. The second kappa shape index (κ2) is 5.25. The number of para-hydroxylation sites is 2. The average molecular weight is 267 g/mol. The van der Waals surface area contributed by atoms with Crippen LogP contribution in [0, 0.1) is 5.82 Å². The molecule has 0 fully saturated rings. The van der Waals surface area contributed by atoms with Gasteiger partial charge in [-0.1, -0.05) is 24.3 Å². The number of nitrogens with zero attached hydrogens (tertiary/aromatic N) is 3. The molecule has 3 rings (SSSR count). The fourth-order valence-corrected chi connectivity index (χ4v) is 2.15. The van der Waals surface area contributed by atoms with E-state index in [9.17, 15) is 4.39 Å². The van der Waals surface area contributed by atoms with Crippen molar-refractivity contribution in [2.45, 2.75) is 13.5 Å². The lowest BCUT2D eigenvalue weighted by molar-refractivity contribution is 0.628. The molecule has 3 nitrogen and oxygen atoms in total. The topological polar surface area (TPSA) is 30.2 Å². The summed E-state index contributed by atoms with van der Waals surface area (Å²) in [7, 11) is 0. The second-order valence-corrected chi connectivity index (χ2v) is 4.45. The highest BCUT2D eigenvalue weighted by Crippen LogP contribution is 2.21. The molecule has 0 radical (unpaired) electrons. The standard InChI is InChI=1S/C16H14FN3/c1-2-20-15-6-4-3-5-14(15)19-16(20)18-11-12-7-9-13(17)10-8-12/h3-11H,2H2,1H3/b18-11+. The Morgan fingerprint density at radius 2 is 1.90 bits per heavy atom. The van der Waals surface area contributed by atoms with Gasteiger partial charge in [0.05, 0.1) is 11.0 Å². The number of hydrogen-bond donors (Lipinski definition) is 0. The van der Waals surface area contributed by atoms with E-state index in [2.05, 4.69) is 21.5 Å². The molecule has 0 aliphatic rings. The average Bonchev–Trinajstić information content (AvgIpc) is 2.84. The SMILES string of the molecule is CCn1c(/N=C/c2ccc(F)cc2)nc2ccccc21. The zero-order chi connectivity index (χ0) is 13.9. The van der Waals surface area contributed by atoms with E-state index in [1.54, 1.807) is 18.3 Å². The minimum Gasteiger partial charge on any atom is -0.309 e. The van der Waals surface area contributed by atoms with E-state index in [1.165, 1.54) is 12.1 Å². The largest absolute Gasteiger partial charge is 0.309 e. The van der Waals surface area contributed by atoms with Crippen molar-refractivity contribution in [3.05, 3.63) is 59.9 Å². The minimum absolute atomic E-state index is 0.247. The number of benzene rings is 2. The molecule has 4 heteroatoms. The highest BCUT2D eigenvalue weighted by Gasteiger charge is 2.06. The van der Waals surface area contributed by atoms with Gasteiger partial charge >= 0.3 is 0 Å². The minimum atomic E-state index is -0.247. The van der Waals surface area contributed by atoms with Crippen LogP contribution in [0.15, 0.2) is 53.5 Å². The Balaban J connectivity index is 1.99. The van der Waals surface area contributed by atoms with E-state index in [1.807, 2.05) is 24.3 Å². The maximum absolute atomic E-state index is 12.8. The molecular formula is C16H14FN3. The zero-order valence-electron chi connectivity index (χ0n) is 11.1. The molecule has 0 bridgehead atoms. The van der Waals surface area contributed by atoms with Gasteiger partial charge < -0.3 is 4.57 Å². The van der Waals surface area contributed by atoms with Gasteiger partial charge in [0.15, 0.2) is 0 Å². The zero-order valence-corrected chi connectivity index (χ0v) is 11.1. The molecule has 0 atom stereocenters. The highest BCUT2D eigenvalue weighted by molar-refractivity contribution is 5.83. The predicted molar refractivity (Wildman–Crippen MR) is 79.1 cm³/mol. The normalized spacial score (nSPS) is 11.5. The quantitative estimate of drug-likeness (QED) is 0.661. The Morgan fingerprint density at radius 3 is 2.65 bits per heavy atom. The Morgan fingerprint density at radius 1 is 1.15 bits per heavy atom. The van der Waals surface area contributed by atoms with Crippen LogP contribution in [0.2, 0.25) is 0 Å². The second-order valence-electron chi connectivity index (χ2n) is 4.45. The number of fused-ring (bicyclic) bond motifs is 1. The van der Waals surface area contributed by atoms with E-state index in [0.29, 0.717) is 5.95 Å². The summed E-state index contributed by atoms with van der Waals surface area (Å²) in [6, 6.07) is 14.2. The molecule has 0 saturated heterocycles. The van der Waals surface area contributed by atoms with Crippen LogP contribution >= 0.6 is 0 Å². The molecule has 0 amide bonds. The maximum atomic E-state index is 12.8. The number of aryl methyl sites for hydroxylation is 1. The summed E-state index contributed by atoms with van der Waals surface area (Å²) in [6.07, 6.45) is 1.70. The molecule has 1 aromatic heterocycles. The van der Waals surface area contributed by atoms with Gasteiger partial charge in [-0.2, -0.15) is 0 Å². The van der Waals surface area contributed by atoms with Crippen molar-refractivity contribution in [1.82, 2.24) is 9.55 Å². The molecule has 20 heavy (non-hydrogen) atoms. The molecular weight excluding hydrogens is 253 g/mol. The number of aromatic nitrogens is 2. The van der Waals surface area contributed by atoms with Gasteiger partial charge in [0.2, 0.25) is 5.95 Å². The Labute approximate surface area is 116 Å². The number of halogens is 1. The van der Waals surface area contributed by atoms with Crippen LogP contribution in [0.25, 0.3) is 11.0 Å². The molecule has 0 spiro atoms. The van der Waals surface area contributed by atoms with Crippen molar-refractivity contribution in [3.63, 3.8) is 0 Å². The number of imidazole rings is 1. The van der Waals surface area contributed by atoms with E-state index in [-0.39, 0.29) is 5.82 Å². The highest BCUT2D eigenvalue weighted by atomic mass is 19.1. The molecule has 0 saturated carbocycles. The fourth-order valence-electron chi connectivity index (χ4n) is 2.15. The van der Waals surface area contributed by atoms with Gasteiger partial charge in [-0.3, -0.25) is 0 Å². The van der Waals surface area contributed by atoms with Crippen LogP contribution < -0.4 is 0 Å². The molecule has 1 heterocycles. The van der Waals surface area contributed by atoms with Gasteiger partial charge in [0, 0.05) is 12.8 Å². The Bertz CT molecular complexity index is 757. The van der Waals surface area contributed by atoms with Crippen LogP contribution in [0.1, 0.15) is 12.5 Å². The van der Waals surface area contributed by atoms with Crippen LogP contribution in [0.3, 0.4) is 0 Å². The van der Waals surface area contributed by atoms with Gasteiger partial charge in [0.25, 0.3) is 0 Å². The first-order valence-corrected chi connectivity index (χ1v) is 6.53. The first-order chi connectivity index (χ1) is 9.78. The van der Waals surface area contributed by atoms with E-state index < -0.39 is 0 Å². The van der Waals surface area contributed by atoms with Crippen molar-refractivity contribution >= 4 is 23.2 Å². The number of rotatable bonds is 3. The van der Waals surface area contributed by atoms with Gasteiger partial charge in [-0.25, -0.2) is 14.4 Å². The summed E-state index contributed by atoms with van der Waals surface area (Å²) in [5.41, 5.74) is 2.85. The van der Waals surface area contributed by atoms with E-state index >= 15 is 0 Å². The monoisotopic (exact) mass is 267 g/mol. The Kier molecular flexibility index (Phi) is 3.29. The summed E-state index contributed by atoms with van der Waals surface area (Å²) >= 11 is 0. The molecule has 2 aromatic carbocycles. The summed E-state index contributed by atoms with van der Waals surface area (Å²) in [5.74, 6) is 0.418. The summed E-state index contributed by atoms with van der Waals surface area (Å²) in [6.45, 7) is 2.86. The molecule has 0 aliphatic heterocycles. The number of hydrogen-bond acceptors (Lipinski definition) is 2. The van der Waals surface area contributed by atoms with Crippen LogP contribution in [0.5, 0.6) is 0 Å². The van der Waals surface area contributed by atoms with Crippen molar-refractivity contribution < 1.29 is 4.39 Å². The summed E-state index contributed by atoms with van der Waals surface area (Å²) in [4.78, 5) is 8.93. The third-order valence-corrected chi connectivity index (χ3v) is 3.15. The molecule has 100 valence electrons. The van der Waals surface area contributed by atoms with E-state index in [4.69, 9.17) is 0 Å². The smallest absolute Gasteiger partial charge is 0.230 e. The first kappa shape index (κ1) is 12.5. The summed E-state index contributed by atoms with van der Waals surface area (Å²) < 4.78 is 14.9. The van der Waals surface area contributed by atoms with Crippen LogP contribution in [-0.4, -0.2) is 15.8 Å². The van der Waals surface area contributed by atoms with Crippen molar-refractivity contribution in [3.8, 4) is 0 Å². The van der Waals surface area contributed by atoms with Crippen molar-refractivity contribution in [2.24, 2.45) is 4.99 Å². The third kappa shape index (κ3) is 2.32. The maximum Gasteiger partial charge on any atom is 0.230 e. The lowest BCUT2D eigenvalue weighted by Crippen LogP contribution is -1.93. The lowest BCUT2D eigenvalue weighted by Gasteiger charge is -2.01. The van der Waals surface area contributed by atoms with Gasteiger partial charge in [-0.05, 0) is 36.8 Å². The van der Waals surface area contributed by atoms with E-state index in [0.717, 1.165) is 23.1 Å². The van der Waals surface area contributed by atoms with Crippen LogP contribution in [0.4, 0.5) is 10.3 Å². The lowest BCUT2D eigenvalue weighted by atomic mass is 10.2. The predicted octanol–water partition coefficient (Wildman–Crippen LogP) is 3.95. The van der Waals surface area contributed by atoms with Crippen molar-refractivity contribution in [2.75, 3.05) is 0 Å². The fraction of sp³-hybridized carbons (Fsp3) is 0.125. The summed E-state index contributed by atoms with van der Waals surface area (Å²) in [5, 5.41) is 0. The molecule has 0 unspecified atom stereocenters. The molecule has 3 aromatic rings. The van der Waals surface area contributed by atoms with Crippen LogP contribution in [-0.2, 0) is 6.54 Å². The van der Waals surface area contributed by atoms with Gasteiger partial charge in [0.1, 0.15) is 5.82 Å². The van der Waals surface area contributed by atoms with Gasteiger partial charge in [-0.15, -0.1) is 0 Å². The number of aliphatic imine (C=N–C) groups is 1. The molecule has 0 aliphatic carbocycles. The van der Waals surface area contributed by atoms with Crippen molar-refractivity contribution in [1.29, 1.82) is 0 Å². The third-order valence-electron chi connectivity index (χ3n) is 3.15. The first-order valence-electron chi connectivity index (χ1n) is 6.53. The molecule has 0 N–H and O–H groups in total.